The van der Waals surface area contributed by atoms with Crippen LogP contribution in [0, 0.1) is 5.82 Å². The molecule has 1 N–H and O–H groups in total. The Hall–Kier alpha value is -6.60. The molecule has 12 nitrogen and oxygen atoms in total. The fraction of sp³-hybridized carbons (Fsp3) is 0.150. The molecule has 1 saturated heterocycles. The molecule has 0 radical (unpaired) electrons. The first-order chi connectivity index (χ1) is 26.1. The third kappa shape index (κ3) is 6.49. The highest BCUT2D eigenvalue weighted by Crippen LogP contribution is 2.32. The zero-order valence-electron chi connectivity index (χ0n) is 28.4. The Labute approximate surface area is 312 Å². The lowest BCUT2D eigenvalue weighted by atomic mass is 10.0. The van der Waals surface area contributed by atoms with Gasteiger partial charge in [-0.3, -0.25) is 24.0 Å². The Morgan fingerprint density at radius 3 is 2.41 bits per heavy atom. The zero-order chi connectivity index (χ0) is 37.5. The molecule has 0 spiro atoms. The summed E-state index contributed by atoms with van der Waals surface area (Å²) in [5.41, 5.74) is 3.87. The number of likely N-dealkylation sites (tertiary alicyclic amines) is 1. The number of fused-ring (bicyclic) bond motifs is 2. The Balaban J connectivity index is 0.944. The molecule has 0 bridgehead atoms. The summed E-state index contributed by atoms with van der Waals surface area (Å²) in [6.07, 6.45) is 7.78. The van der Waals surface area contributed by atoms with Gasteiger partial charge in [0.2, 0.25) is 0 Å². The number of carboxylic acid groups (broad SMARTS) is 1. The zero-order valence-corrected chi connectivity index (χ0v) is 29.1. The average molecular weight is 745 g/mol. The predicted molar refractivity (Wildman–Crippen MR) is 196 cm³/mol. The molecule has 2 aromatic heterocycles. The van der Waals surface area contributed by atoms with E-state index in [1.54, 1.807) is 41.1 Å². The van der Waals surface area contributed by atoms with Crippen LogP contribution < -0.4 is 4.74 Å². The van der Waals surface area contributed by atoms with Crippen molar-refractivity contribution in [2.45, 2.75) is 25.1 Å². The highest BCUT2D eigenvalue weighted by atomic mass is 35.5. The van der Waals surface area contributed by atoms with Gasteiger partial charge in [-0.05, 0) is 59.7 Å². The van der Waals surface area contributed by atoms with Crippen molar-refractivity contribution in [3.63, 3.8) is 0 Å². The van der Waals surface area contributed by atoms with Crippen molar-refractivity contribution in [3.8, 4) is 22.6 Å². The number of hydrogen-bond acceptors (Lipinski definition) is 7. The van der Waals surface area contributed by atoms with Gasteiger partial charge in [-0.1, -0.05) is 60.2 Å². The number of aliphatic carboxylic acids is 1. The van der Waals surface area contributed by atoms with Gasteiger partial charge in [-0.2, -0.15) is 10.2 Å². The Bertz CT molecular complexity index is 2480. The van der Waals surface area contributed by atoms with Gasteiger partial charge in [-0.25, -0.2) is 13.9 Å². The lowest BCUT2D eigenvalue weighted by Crippen LogP contribution is -2.40. The molecule has 14 heteroatoms. The highest BCUT2D eigenvalue weighted by molar-refractivity contribution is 6.32. The maximum Gasteiger partial charge on any atom is 0.326 e. The van der Waals surface area contributed by atoms with E-state index in [-0.39, 0.29) is 41.9 Å². The number of hydrogen-bond donors (Lipinski definition) is 1. The van der Waals surface area contributed by atoms with Gasteiger partial charge in [0.05, 0.1) is 52.2 Å². The third-order valence-corrected chi connectivity index (χ3v) is 9.77. The number of benzene rings is 4. The highest BCUT2D eigenvalue weighted by Gasteiger charge is 2.41. The number of amides is 3. The summed E-state index contributed by atoms with van der Waals surface area (Å²) in [4.78, 5) is 53.6. The van der Waals surface area contributed by atoms with Crippen LogP contribution in [0.2, 0.25) is 5.02 Å². The molecule has 54 heavy (non-hydrogen) atoms. The Morgan fingerprint density at radius 2 is 1.65 bits per heavy atom. The van der Waals surface area contributed by atoms with Crippen LogP contribution in [-0.2, 0) is 11.3 Å². The van der Waals surface area contributed by atoms with Crippen LogP contribution >= 0.6 is 11.6 Å². The van der Waals surface area contributed by atoms with Gasteiger partial charge in [0.1, 0.15) is 23.7 Å². The minimum atomic E-state index is -1.15. The number of imide groups is 1. The number of carboxylic acids is 1. The summed E-state index contributed by atoms with van der Waals surface area (Å²) >= 11 is 6.17. The Morgan fingerprint density at radius 1 is 0.907 bits per heavy atom. The number of halogens is 2. The molecule has 0 unspecified atom stereocenters. The lowest BCUT2D eigenvalue weighted by molar-refractivity contribution is -0.141. The summed E-state index contributed by atoms with van der Waals surface area (Å²) < 4.78 is 23.0. The first-order valence-electron chi connectivity index (χ1n) is 17.0. The first-order valence-corrected chi connectivity index (χ1v) is 17.4. The smallest absolute Gasteiger partial charge is 0.326 e. The molecule has 8 rings (SSSR count). The molecule has 2 aliphatic heterocycles. The van der Waals surface area contributed by atoms with E-state index in [2.05, 4.69) is 5.10 Å². The summed E-state index contributed by atoms with van der Waals surface area (Å²) in [6.45, 7) is 0.608. The van der Waals surface area contributed by atoms with Crippen LogP contribution in [0.1, 0.15) is 37.5 Å². The number of carbonyl (C=O) groups excluding carboxylic acids is 3. The number of carbonyl (C=O) groups is 4. The van der Waals surface area contributed by atoms with Crippen LogP contribution in [0.25, 0.3) is 27.7 Å². The van der Waals surface area contributed by atoms with Gasteiger partial charge in [-0.15, -0.1) is 0 Å². The summed E-state index contributed by atoms with van der Waals surface area (Å²) in [5.74, 6) is -2.30. The topological polar surface area (TPSA) is 140 Å². The van der Waals surface area contributed by atoms with E-state index >= 15 is 0 Å². The molecule has 4 heterocycles. The van der Waals surface area contributed by atoms with Crippen molar-refractivity contribution in [3.05, 3.63) is 143 Å². The van der Waals surface area contributed by atoms with Crippen LogP contribution in [0.15, 0.2) is 116 Å². The number of allylic oxidation sites excluding steroid dienone is 1. The van der Waals surface area contributed by atoms with Crippen molar-refractivity contribution in [2.24, 2.45) is 0 Å². The van der Waals surface area contributed by atoms with Gasteiger partial charge < -0.3 is 14.7 Å². The third-order valence-electron chi connectivity index (χ3n) is 9.47. The second kappa shape index (κ2) is 14.1. The number of ether oxygens (including phenoxy) is 1. The predicted octanol–water partition coefficient (Wildman–Crippen LogP) is 6.28. The average Bonchev–Trinajstić information content (AvgIpc) is 3.96. The maximum atomic E-state index is 13.6. The van der Waals surface area contributed by atoms with Crippen molar-refractivity contribution >= 4 is 46.2 Å². The normalized spacial score (nSPS) is 16.9. The van der Waals surface area contributed by atoms with Gasteiger partial charge in [0, 0.05) is 30.7 Å². The van der Waals surface area contributed by atoms with E-state index in [0.717, 1.165) is 28.1 Å². The summed E-state index contributed by atoms with van der Waals surface area (Å²) in [5, 5.41) is 19.9. The van der Waals surface area contributed by atoms with E-state index < -0.39 is 29.8 Å². The lowest BCUT2D eigenvalue weighted by Gasteiger charge is -2.20. The fourth-order valence-electron chi connectivity index (χ4n) is 6.87. The van der Waals surface area contributed by atoms with Crippen LogP contribution in [0.4, 0.5) is 4.39 Å². The molecule has 3 amide bonds. The standard InChI is InChI=1S/C40H30ClFN6O6/c41-33-18-26(42)13-14-35(33)48-21-25(20-43-48)37(49)47-22-28(19-36(47)40(52)53)54-27-8-5-7-24(17-27)29-11-6-12-34-32(29)23-45(44-34)15-3-4-16-46-38(50)30-9-1-2-10-31(30)39(46)51/h1-14,17-18,20-21,23,28,36H,15-16,19,22H2,(H,52,53)/b4-3+/t28-,36-/m0/s1. The van der Waals surface area contributed by atoms with E-state index in [1.807, 2.05) is 48.7 Å². The SMILES string of the molecule is O=C(O)[C@@H]1C[C@H](Oc2cccc(-c3cccc4nn(C/C=C/CN5C(=O)c6ccccc6C5=O)cc34)c2)CN1C(=O)c1cnn(-c2ccc(F)cc2Cl)c1. The summed E-state index contributed by atoms with van der Waals surface area (Å²) in [6, 6.07) is 22.7. The van der Waals surface area contributed by atoms with E-state index in [0.29, 0.717) is 29.1 Å². The molecular formula is C40H30ClFN6O6. The number of nitrogens with zero attached hydrogens (tertiary/aromatic N) is 6. The van der Waals surface area contributed by atoms with Crippen molar-refractivity contribution in [2.75, 3.05) is 13.1 Å². The van der Waals surface area contributed by atoms with E-state index in [4.69, 9.17) is 21.4 Å². The molecule has 0 saturated carbocycles. The minimum absolute atomic E-state index is 0.0331. The molecular weight excluding hydrogens is 715 g/mol. The van der Waals surface area contributed by atoms with Crippen molar-refractivity contribution in [1.29, 1.82) is 0 Å². The number of rotatable bonds is 10. The van der Waals surface area contributed by atoms with Crippen LogP contribution in [0.5, 0.6) is 5.75 Å². The van der Waals surface area contributed by atoms with E-state index in [1.165, 1.54) is 39.0 Å². The monoisotopic (exact) mass is 744 g/mol. The molecule has 2 atom stereocenters. The molecule has 270 valence electrons. The first kappa shape index (κ1) is 34.5. The Kier molecular flexibility index (Phi) is 8.99. The van der Waals surface area contributed by atoms with Gasteiger partial charge in [0.15, 0.2) is 0 Å². The molecule has 0 aliphatic carbocycles. The second-order valence-corrected chi connectivity index (χ2v) is 13.3. The second-order valence-electron chi connectivity index (χ2n) is 12.9. The van der Waals surface area contributed by atoms with Crippen LogP contribution in [-0.4, -0.2) is 83.4 Å². The minimum Gasteiger partial charge on any atom is -0.488 e. The fourth-order valence-corrected chi connectivity index (χ4v) is 7.13. The van der Waals surface area contributed by atoms with Gasteiger partial charge >= 0.3 is 5.97 Å². The van der Waals surface area contributed by atoms with Crippen LogP contribution in [0.3, 0.4) is 0 Å². The van der Waals surface area contributed by atoms with Crippen molar-refractivity contribution < 1.29 is 33.4 Å². The molecule has 4 aromatic carbocycles. The van der Waals surface area contributed by atoms with Crippen molar-refractivity contribution in [1.82, 2.24) is 29.4 Å². The molecule has 2 aliphatic rings. The van der Waals surface area contributed by atoms with E-state index in [9.17, 15) is 28.7 Å². The quantitative estimate of drug-likeness (QED) is 0.128. The maximum absolute atomic E-state index is 13.6. The van der Waals surface area contributed by atoms with Gasteiger partial charge in [0.25, 0.3) is 17.7 Å². The molecule has 1 fully saturated rings. The summed E-state index contributed by atoms with van der Waals surface area (Å²) in [7, 11) is 0. The molecule has 6 aromatic rings. The largest absolute Gasteiger partial charge is 0.488 e. The number of aromatic nitrogens is 4.